The molecule has 0 heterocycles. The van der Waals surface area contributed by atoms with Gasteiger partial charge in [-0.25, -0.2) is 0 Å². The minimum atomic E-state index is 0. The van der Waals surface area contributed by atoms with Gasteiger partial charge in [-0.3, -0.25) is 0 Å². The van der Waals surface area contributed by atoms with Crippen LogP contribution in [-0.4, -0.2) is 31.2 Å². The molecule has 0 unspecified atom stereocenters. The van der Waals surface area contributed by atoms with Crippen LogP contribution in [0.1, 0.15) is 0 Å². The standard InChI is InChI=1S/C4H10N2S.Na/c1-5-4(7)6(2)3;/h1-3H3,(H,5,7);/q;+1/p-1. The molecule has 0 rings (SSSR count). The molecular weight excluding hydrogens is 131 g/mol. The summed E-state index contributed by atoms with van der Waals surface area (Å²) in [4.78, 5) is 1.79. The molecule has 0 aliphatic heterocycles. The second-order valence-corrected chi connectivity index (χ2v) is 1.77. The Labute approximate surface area is 77.9 Å². The first-order valence-corrected chi connectivity index (χ1v) is 2.40. The van der Waals surface area contributed by atoms with E-state index in [1.54, 1.807) is 11.9 Å². The van der Waals surface area contributed by atoms with Crippen molar-refractivity contribution in [2.75, 3.05) is 21.1 Å². The molecule has 0 N–H and O–H groups in total. The summed E-state index contributed by atoms with van der Waals surface area (Å²) in [6.07, 6.45) is 0. The largest absolute Gasteiger partial charge is 1.00 e. The fourth-order valence-electron chi connectivity index (χ4n) is 0.200. The Morgan fingerprint density at radius 2 is 1.88 bits per heavy atom. The van der Waals surface area contributed by atoms with Gasteiger partial charge < -0.3 is 10.2 Å². The van der Waals surface area contributed by atoms with Gasteiger partial charge in [-0.05, 0) is 0 Å². The Balaban J connectivity index is 0. The van der Waals surface area contributed by atoms with Gasteiger partial charge in [0.25, 0.3) is 0 Å². The molecule has 0 aromatic heterocycles. The van der Waals surface area contributed by atoms with E-state index in [1.807, 2.05) is 14.1 Å². The number of hydrogen-bond acceptors (Lipinski definition) is 1. The van der Waals surface area contributed by atoms with Crippen LogP contribution in [0.25, 0.3) is 5.32 Å². The molecule has 0 aromatic carbocycles. The van der Waals surface area contributed by atoms with Crippen LogP contribution < -0.4 is 29.6 Å². The van der Waals surface area contributed by atoms with Crippen LogP contribution in [-0.2, 0) is 0 Å². The SMILES string of the molecule is C[N-]C(=S)N(C)C.[Na+]. The topological polar surface area (TPSA) is 17.3 Å². The van der Waals surface area contributed by atoms with Crippen molar-refractivity contribution in [1.29, 1.82) is 0 Å². The number of hydrogen-bond donors (Lipinski definition) is 0. The Kier molecular flexibility index (Phi) is 8.35. The summed E-state index contributed by atoms with van der Waals surface area (Å²) in [6, 6.07) is 0. The van der Waals surface area contributed by atoms with Crippen LogP contribution in [0.3, 0.4) is 0 Å². The summed E-state index contributed by atoms with van der Waals surface area (Å²) in [5.74, 6) is 0. The predicted octanol–water partition coefficient (Wildman–Crippen LogP) is -2.16. The van der Waals surface area contributed by atoms with E-state index >= 15 is 0 Å². The van der Waals surface area contributed by atoms with Gasteiger partial charge in [0.15, 0.2) is 0 Å². The van der Waals surface area contributed by atoms with Crippen molar-refractivity contribution in [2.45, 2.75) is 0 Å². The molecule has 0 amide bonds. The molecule has 2 nitrogen and oxygen atoms in total. The smallest absolute Gasteiger partial charge is 0.466 e. The maximum absolute atomic E-state index is 4.74. The maximum Gasteiger partial charge on any atom is 1.00 e. The second-order valence-electron chi connectivity index (χ2n) is 1.40. The molecular formula is C4H9N2NaS. The number of thiocarbonyl (C=S) groups is 1. The minimum absolute atomic E-state index is 0. The fraction of sp³-hybridized carbons (Fsp3) is 0.750. The van der Waals surface area contributed by atoms with Crippen molar-refractivity contribution in [1.82, 2.24) is 4.90 Å². The molecule has 0 saturated heterocycles. The molecule has 8 heavy (non-hydrogen) atoms. The van der Waals surface area contributed by atoms with E-state index in [4.69, 9.17) is 12.2 Å². The summed E-state index contributed by atoms with van der Waals surface area (Å²) in [7, 11) is 5.42. The zero-order valence-electron chi connectivity index (χ0n) is 5.80. The van der Waals surface area contributed by atoms with Crippen LogP contribution in [0.4, 0.5) is 0 Å². The van der Waals surface area contributed by atoms with E-state index in [-0.39, 0.29) is 29.6 Å². The van der Waals surface area contributed by atoms with Gasteiger partial charge in [-0.15, -0.1) is 0 Å². The van der Waals surface area contributed by atoms with Crippen LogP contribution >= 0.6 is 12.2 Å². The summed E-state index contributed by atoms with van der Waals surface area (Å²) in [5, 5.41) is 4.38. The zero-order valence-corrected chi connectivity index (χ0v) is 8.62. The average Bonchev–Trinajstić information content (AvgIpc) is 1.65. The first-order chi connectivity index (χ1) is 3.18. The van der Waals surface area contributed by atoms with Crippen LogP contribution in [0.5, 0.6) is 0 Å². The van der Waals surface area contributed by atoms with Gasteiger partial charge in [0.05, 0.1) is 0 Å². The second kappa shape index (κ2) is 5.82. The first-order valence-electron chi connectivity index (χ1n) is 1.99. The van der Waals surface area contributed by atoms with Crippen molar-refractivity contribution in [2.24, 2.45) is 0 Å². The minimum Gasteiger partial charge on any atom is -0.466 e. The van der Waals surface area contributed by atoms with Gasteiger partial charge in [0.2, 0.25) is 0 Å². The van der Waals surface area contributed by atoms with Crippen molar-refractivity contribution in [3.05, 3.63) is 5.32 Å². The molecule has 0 atom stereocenters. The first kappa shape index (κ1) is 11.5. The summed E-state index contributed by atoms with van der Waals surface area (Å²) >= 11 is 4.74. The van der Waals surface area contributed by atoms with Crippen LogP contribution in [0.2, 0.25) is 0 Å². The zero-order chi connectivity index (χ0) is 5.86. The van der Waals surface area contributed by atoms with Crippen molar-refractivity contribution < 1.29 is 29.6 Å². The van der Waals surface area contributed by atoms with Gasteiger partial charge in [0, 0.05) is 5.11 Å². The van der Waals surface area contributed by atoms with E-state index in [2.05, 4.69) is 5.32 Å². The van der Waals surface area contributed by atoms with E-state index < -0.39 is 0 Å². The molecule has 0 radical (unpaired) electrons. The third-order valence-electron chi connectivity index (χ3n) is 0.574. The Morgan fingerprint density at radius 3 is 1.88 bits per heavy atom. The third kappa shape index (κ3) is 4.84. The van der Waals surface area contributed by atoms with E-state index in [0.717, 1.165) is 0 Å². The van der Waals surface area contributed by atoms with E-state index in [0.29, 0.717) is 5.11 Å². The average molecular weight is 140 g/mol. The summed E-state index contributed by atoms with van der Waals surface area (Å²) in [6.45, 7) is 0. The predicted molar refractivity (Wildman–Crippen MR) is 35.6 cm³/mol. The van der Waals surface area contributed by atoms with Crippen LogP contribution in [0.15, 0.2) is 0 Å². The molecule has 4 heteroatoms. The monoisotopic (exact) mass is 140 g/mol. The molecule has 0 aliphatic rings. The molecule has 0 aliphatic carbocycles. The van der Waals surface area contributed by atoms with Gasteiger partial charge >= 0.3 is 29.6 Å². The van der Waals surface area contributed by atoms with Crippen molar-refractivity contribution >= 4 is 17.3 Å². The van der Waals surface area contributed by atoms with Gasteiger partial charge in [-0.2, -0.15) is 0 Å². The molecule has 42 valence electrons. The third-order valence-corrected chi connectivity index (χ3v) is 1.12. The normalized spacial score (nSPS) is 6.88. The summed E-state index contributed by atoms with van der Waals surface area (Å²) in [5.41, 5.74) is 0. The van der Waals surface area contributed by atoms with Crippen molar-refractivity contribution in [3.63, 3.8) is 0 Å². The summed E-state index contributed by atoms with van der Waals surface area (Å²) < 4.78 is 0. The van der Waals surface area contributed by atoms with E-state index in [9.17, 15) is 0 Å². The van der Waals surface area contributed by atoms with Crippen LogP contribution in [0, 0.1) is 0 Å². The molecule has 0 aromatic rings. The Hall–Kier alpha value is 0.690. The Bertz CT molecular complexity index is 74.4. The van der Waals surface area contributed by atoms with Gasteiger partial charge in [0.1, 0.15) is 0 Å². The Morgan fingerprint density at radius 1 is 1.50 bits per heavy atom. The quantitative estimate of drug-likeness (QED) is 0.282. The van der Waals surface area contributed by atoms with Gasteiger partial charge in [-0.1, -0.05) is 33.4 Å². The molecule has 0 bridgehead atoms. The van der Waals surface area contributed by atoms with E-state index in [1.165, 1.54) is 0 Å². The number of rotatable bonds is 0. The van der Waals surface area contributed by atoms with Crippen molar-refractivity contribution in [3.8, 4) is 0 Å². The molecule has 0 saturated carbocycles. The molecule has 0 spiro atoms. The molecule has 0 fully saturated rings. The maximum atomic E-state index is 4.74. The number of nitrogens with zero attached hydrogens (tertiary/aromatic N) is 2. The fourth-order valence-corrected chi connectivity index (χ4v) is 0.200.